The number of rotatable bonds is 6. The number of carbonyl (C=O) groups is 3. The molecule has 0 saturated carbocycles. The molecule has 2 heterocycles. The van der Waals surface area contributed by atoms with Crippen molar-refractivity contribution in [1.29, 1.82) is 5.26 Å². The molecule has 0 bridgehead atoms. The molecule has 1 aromatic carbocycles. The van der Waals surface area contributed by atoms with Crippen LogP contribution in [-0.4, -0.2) is 48.1 Å². The van der Waals surface area contributed by atoms with Crippen molar-refractivity contribution in [2.24, 2.45) is 0 Å². The number of aliphatic hydroxyl groups excluding tert-OH is 1. The maximum atomic E-state index is 12.9. The van der Waals surface area contributed by atoms with Crippen LogP contribution in [-0.2, 0) is 14.3 Å². The van der Waals surface area contributed by atoms with Crippen LogP contribution in [0.4, 0.5) is 0 Å². The van der Waals surface area contributed by atoms with Gasteiger partial charge in [0, 0.05) is 24.3 Å². The molecule has 1 N–H and O–H groups in total. The van der Waals surface area contributed by atoms with Gasteiger partial charge < -0.3 is 14.3 Å². The summed E-state index contributed by atoms with van der Waals surface area (Å²) < 4.78 is 10.5. The van der Waals surface area contributed by atoms with Gasteiger partial charge in [0.15, 0.2) is 0 Å². The summed E-state index contributed by atoms with van der Waals surface area (Å²) in [5, 5.41) is 18.7. The Bertz CT molecular complexity index is 1200. The molecule has 3 rings (SSSR count). The van der Waals surface area contributed by atoms with Gasteiger partial charge in [-0.3, -0.25) is 14.5 Å². The number of hydrogen-bond donors (Lipinski definition) is 1. The molecule has 0 atom stereocenters. The third kappa shape index (κ3) is 4.35. The van der Waals surface area contributed by atoms with Crippen LogP contribution in [0.3, 0.4) is 0 Å². The molecule has 1 aromatic heterocycles. The van der Waals surface area contributed by atoms with Crippen molar-refractivity contribution < 1.29 is 28.6 Å². The molecule has 0 fully saturated rings. The number of benzene rings is 1. The lowest BCUT2D eigenvalue weighted by molar-refractivity contribution is -0.140. The van der Waals surface area contributed by atoms with E-state index < -0.39 is 17.8 Å². The zero-order valence-electron chi connectivity index (χ0n) is 17.3. The topological polar surface area (TPSA) is 121 Å². The third-order valence-corrected chi connectivity index (χ3v) is 5.26. The first-order chi connectivity index (χ1) is 15.3. The van der Waals surface area contributed by atoms with Gasteiger partial charge in [0.2, 0.25) is 0 Å². The van der Waals surface area contributed by atoms with Crippen molar-refractivity contribution in [2.45, 2.75) is 13.3 Å². The van der Waals surface area contributed by atoms with E-state index in [1.165, 1.54) is 26.2 Å². The van der Waals surface area contributed by atoms with Crippen LogP contribution in [0.15, 0.2) is 51.5 Å². The number of esters is 1. The van der Waals surface area contributed by atoms with Gasteiger partial charge in [0.25, 0.3) is 11.8 Å². The predicted molar refractivity (Wildman–Crippen MR) is 115 cm³/mol. The Balaban J connectivity index is 2.00. The van der Waals surface area contributed by atoms with Gasteiger partial charge in [-0.15, -0.1) is 0 Å². The van der Waals surface area contributed by atoms with Crippen LogP contribution in [0, 0.1) is 11.3 Å². The molecule has 9 heteroatoms. The minimum Gasteiger partial charge on any atom is -0.465 e. The fourth-order valence-corrected chi connectivity index (χ4v) is 3.43. The fraction of sp³-hybridized carbons (Fsp3) is 0.217. The highest BCUT2D eigenvalue weighted by molar-refractivity contribution is 6.33. The SMILES string of the molecule is COC(=O)c1cc(-c2ccc(/C=C3\C(=O)N(CCCO)C(=O)C(C#N)=C3C)o2)ccc1Cl. The normalized spacial score (nSPS) is 15.3. The zero-order valence-corrected chi connectivity index (χ0v) is 18.1. The number of ether oxygens (including phenoxy) is 1. The quantitative estimate of drug-likeness (QED) is 0.403. The lowest BCUT2D eigenvalue weighted by Gasteiger charge is -2.27. The zero-order chi connectivity index (χ0) is 23.4. The number of aliphatic hydroxyl groups is 1. The fourth-order valence-electron chi connectivity index (χ4n) is 3.23. The number of furan rings is 1. The molecule has 0 radical (unpaired) electrons. The van der Waals surface area contributed by atoms with Crippen LogP contribution in [0.5, 0.6) is 0 Å². The molecule has 0 saturated heterocycles. The Kier molecular flexibility index (Phi) is 6.93. The second-order valence-electron chi connectivity index (χ2n) is 6.90. The van der Waals surface area contributed by atoms with Crippen molar-refractivity contribution >= 4 is 35.5 Å². The van der Waals surface area contributed by atoms with Crippen LogP contribution >= 0.6 is 11.6 Å². The van der Waals surface area contributed by atoms with E-state index >= 15 is 0 Å². The Hall–Kier alpha value is -3.67. The molecule has 8 nitrogen and oxygen atoms in total. The summed E-state index contributed by atoms with van der Waals surface area (Å²) >= 11 is 6.05. The number of amides is 2. The van der Waals surface area contributed by atoms with Crippen molar-refractivity contribution in [3.63, 3.8) is 0 Å². The van der Waals surface area contributed by atoms with Crippen LogP contribution in [0.25, 0.3) is 17.4 Å². The number of carbonyl (C=O) groups excluding carboxylic acids is 3. The average Bonchev–Trinajstić information content (AvgIpc) is 3.25. The van der Waals surface area contributed by atoms with Gasteiger partial charge in [-0.2, -0.15) is 5.26 Å². The van der Waals surface area contributed by atoms with E-state index in [9.17, 15) is 19.6 Å². The number of hydrogen-bond acceptors (Lipinski definition) is 7. The van der Waals surface area contributed by atoms with Gasteiger partial charge >= 0.3 is 5.97 Å². The Labute approximate surface area is 188 Å². The molecule has 2 amide bonds. The van der Waals surface area contributed by atoms with Gasteiger partial charge in [0.05, 0.1) is 17.7 Å². The van der Waals surface area contributed by atoms with Crippen molar-refractivity contribution in [3.8, 4) is 17.4 Å². The van der Waals surface area contributed by atoms with Gasteiger partial charge in [0.1, 0.15) is 23.2 Å². The minimum absolute atomic E-state index is 0.00550. The first kappa shape index (κ1) is 23.0. The number of methoxy groups -OCH3 is 1. The summed E-state index contributed by atoms with van der Waals surface area (Å²) in [6.07, 6.45) is 1.65. The summed E-state index contributed by atoms with van der Waals surface area (Å²) in [5.74, 6) is -1.12. The molecule has 0 aliphatic carbocycles. The second kappa shape index (κ2) is 9.64. The summed E-state index contributed by atoms with van der Waals surface area (Å²) in [4.78, 5) is 38.2. The largest absolute Gasteiger partial charge is 0.465 e. The van der Waals surface area contributed by atoms with Gasteiger partial charge in [-0.1, -0.05) is 11.6 Å². The first-order valence-electron chi connectivity index (χ1n) is 9.60. The van der Waals surface area contributed by atoms with Crippen LogP contribution < -0.4 is 0 Å². The lowest BCUT2D eigenvalue weighted by atomic mass is 9.94. The molecule has 0 unspecified atom stereocenters. The van der Waals surface area contributed by atoms with Crippen LogP contribution in [0.2, 0.25) is 5.02 Å². The second-order valence-corrected chi connectivity index (χ2v) is 7.30. The van der Waals surface area contributed by atoms with E-state index in [4.69, 9.17) is 25.9 Å². The van der Waals surface area contributed by atoms with E-state index in [1.807, 2.05) is 6.07 Å². The predicted octanol–water partition coefficient (Wildman–Crippen LogP) is 3.36. The minimum atomic E-state index is -0.683. The van der Waals surface area contributed by atoms with Gasteiger partial charge in [-0.25, -0.2) is 4.79 Å². The highest BCUT2D eigenvalue weighted by Gasteiger charge is 2.35. The highest BCUT2D eigenvalue weighted by atomic mass is 35.5. The molecule has 0 spiro atoms. The van der Waals surface area contributed by atoms with Crippen molar-refractivity contribution in [3.05, 3.63) is 63.4 Å². The summed E-state index contributed by atoms with van der Waals surface area (Å²) in [7, 11) is 1.25. The van der Waals surface area contributed by atoms with Gasteiger partial charge in [-0.05, 0) is 55.3 Å². The Morgan fingerprint density at radius 1 is 1.28 bits per heavy atom. The summed E-state index contributed by atoms with van der Waals surface area (Å²) in [5.41, 5.74) is 1.01. The molecule has 32 heavy (non-hydrogen) atoms. The standard InChI is InChI=1S/C23H19ClN2O6/c1-13-16(21(28)26(8-3-9-27)22(29)18(13)12-25)11-15-5-7-20(32-15)14-4-6-19(24)17(10-14)23(30)31-2/h4-7,10-11,27H,3,8-9H2,1-2H3/b16-11-. The maximum absolute atomic E-state index is 12.9. The maximum Gasteiger partial charge on any atom is 0.339 e. The van der Waals surface area contributed by atoms with E-state index in [0.29, 0.717) is 17.1 Å². The number of halogens is 1. The summed E-state index contributed by atoms with van der Waals surface area (Å²) in [6.45, 7) is 1.32. The monoisotopic (exact) mass is 454 g/mol. The Morgan fingerprint density at radius 2 is 2.03 bits per heavy atom. The number of nitriles is 1. The molecule has 164 valence electrons. The number of nitrogens with zero attached hydrogens (tertiary/aromatic N) is 2. The van der Waals surface area contributed by atoms with E-state index in [0.717, 1.165) is 4.90 Å². The smallest absolute Gasteiger partial charge is 0.339 e. The summed E-state index contributed by atoms with van der Waals surface area (Å²) in [6, 6.07) is 9.88. The van der Waals surface area contributed by atoms with Crippen molar-refractivity contribution in [1.82, 2.24) is 4.90 Å². The third-order valence-electron chi connectivity index (χ3n) is 4.93. The van der Waals surface area contributed by atoms with E-state index in [-0.39, 0.29) is 46.9 Å². The van der Waals surface area contributed by atoms with Crippen molar-refractivity contribution in [2.75, 3.05) is 20.3 Å². The molecule has 2 aromatic rings. The molecular formula is C23H19ClN2O6. The van der Waals surface area contributed by atoms with E-state index in [2.05, 4.69) is 0 Å². The molecule has 1 aliphatic heterocycles. The Morgan fingerprint density at radius 3 is 2.69 bits per heavy atom. The number of imide groups is 1. The molecular weight excluding hydrogens is 436 g/mol. The molecule has 1 aliphatic rings. The van der Waals surface area contributed by atoms with Crippen LogP contribution in [0.1, 0.15) is 29.5 Å². The average molecular weight is 455 g/mol. The van der Waals surface area contributed by atoms with E-state index in [1.54, 1.807) is 24.3 Å². The lowest BCUT2D eigenvalue weighted by Crippen LogP contribution is -2.43. The first-order valence-corrected chi connectivity index (χ1v) is 9.98. The highest BCUT2D eigenvalue weighted by Crippen LogP contribution is 2.31.